The molecule has 116 valence electrons. The van der Waals surface area contributed by atoms with Crippen LogP contribution in [0.1, 0.15) is 20.8 Å². The fraction of sp³-hybridized carbons (Fsp3) is 0.533. The number of hydrogen-bond donors (Lipinski definition) is 0. The normalized spacial score (nSPS) is 16.5. The highest BCUT2D eigenvalue weighted by atomic mass is 32.2. The molecule has 0 saturated carbocycles. The Morgan fingerprint density at radius 1 is 1.19 bits per heavy atom. The molecular formula is C15H21NO4S. The Morgan fingerprint density at radius 2 is 1.71 bits per heavy atom. The molecule has 1 aliphatic rings. The van der Waals surface area contributed by atoms with Crippen LogP contribution >= 0.6 is 0 Å². The van der Waals surface area contributed by atoms with E-state index in [9.17, 15) is 13.2 Å². The van der Waals surface area contributed by atoms with E-state index in [2.05, 4.69) is 0 Å². The van der Waals surface area contributed by atoms with Crippen molar-refractivity contribution < 1.29 is 17.9 Å². The van der Waals surface area contributed by atoms with Crippen LogP contribution < -0.4 is 4.74 Å². The fourth-order valence-corrected chi connectivity index (χ4v) is 3.89. The molecule has 0 unspecified atom stereocenters. The predicted octanol–water partition coefficient (Wildman–Crippen LogP) is 1.73. The van der Waals surface area contributed by atoms with Gasteiger partial charge in [0.1, 0.15) is 11.0 Å². The van der Waals surface area contributed by atoms with E-state index in [1.54, 1.807) is 29.2 Å². The highest BCUT2D eigenvalue weighted by Gasteiger charge is 2.43. The van der Waals surface area contributed by atoms with Gasteiger partial charge in [-0.1, -0.05) is 20.8 Å². The van der Waals surface area contributed by atoms with Crippen LogP contribution in [0.2, 0.25) is 0 Å². The number of methoxy groups -OCH3 is 1. The lowest BCUT2D eigenvalue weighted by Gasteiger charge is -2.41. The van der Waals surface area contributed by atoms with Gasteiger partial charge in [-0.15, -0.1) is 0 Å². The smallest absolute Gasteiger partial charge is 0.228 e. The van der Waals surface area contributed by atoms with Crippen molar-refractivity contribution in [1.82, 2.24) is 4.90 Å². The second-order valence-electron chi connectivity index (χ2n) is 6.30. The van der Waals surface area contributed by atoms with Crippen LogP contribution in [0.3, 0.4) is 0 Å². The van der Waals surface area contributed by atoms with E-state index in [1.807, 2.05) is 20.8 Å². The molecule has 1 saturated heterocycles. The van der Waals surface area contributed by atoms with Crippen molar-refractivity contribution in [3.05, 3.63) is 24.3 Å². The maximum absolute atomic E-state index is 12.5. The lowest BCUT2D eigenvalue weighted by atomic mass is 9.93. The second-order valence-corrected chi connectivity index (χ2v) is 8.53. The molecule has 1 fully saturated rings. The summed E-state index contributed by atoms with van der Waals surface area (Å²) in [5.41, 5.74) is -0.477. The summed E-state index contributed by atoms with van der Waals surface area (Å²) in [6, 6.07) is 6.35. The van der Waals surface area contributed by atoms with Crippen molar-refractivity contribution in [2.24, 2.45) is 5.41 Å². The van der Waals surface area contributed by atoms with E-state index in [0.717, 1.165) is 0 Å². The van der Waals surface area contributed by atoms with Crippen LogP contribution in [0, 0.1) is 5.41 Å². The Balaban J connectivity index is 2.08. The van der Waals surface area contributed by atoms with Crippen molar-refractivity contribution in [1.29, 1.82) is 0 Å². The molecule has 0 spiro atoms. The highest BCUT2D eigenvalue weighted by Crippen LogP contribution is 2.28. The first kappa shape index (κ1) is 15.8. The van der Waals surface area contributed by atoms with Gasteiger partial charge in [0.25, 0.3) is 0 Å². The minimum absolute atomic E-state index is 0.0105. The van der Waals surface area contributed by atoms with Crippen LogP contribution in [-0.4, -0.2) is 44.7 Å². The molecule has 0 aromatic heterocycles. The maximum atomic E-state index is 12.5. The predicted molar refractivity (Wildman–Crippen MR) is 80.0 cm³/mol. The summed E-state index contributed by atoms with van der Waals surface area (Å²) >= 11 is 0. The molecule has 2 rings (SSSR count). The minimum atomic E-state index is -3.39. The molecule has 1 amide bonds. The van der Waals surface area contributed by atoms with E-state index >= 15 is 0 Å². The van der Waals surface area contributed by atoms with Gasteiger partial charge >= 0.3 is 0 Å². The average Bonchev–Trinajstić information content (AvgIpc) is 2.35. The Bertz CT molecular complexity index is 623. The van der Waals surface area contributed by atoms with Crippen molar-refractivity contribution in [3.8, 4) is 5.75 Å². The molecule has 6 heteroatoms. The summed E-state index contributed by atoms with van der Waals surface area (Å²) in [7, 11) is -1.86. The van der Waals surface area contributed by atoms with Gasteiger partial charge in [0, 0.05) is 18.5 Å². The van der Waals surface area contributed by atoms with Gasteiger partial charge in [-0.25, -0.2) is 8.42 Å². The fourth-order valence-electron chi connectivity index (χ4n) is 2.23. The molecule has 0 atom stereocenters. The van der Waals surface area contributed by atoms with Gasteiger partial charge in [0.15, 0.2) is 9.84 Å². The van der Waals surface area contributed by atoms with Crippen LogP contribution in [0.15, 0.2) is 29.2 Å². The zero-order chi connectivity index (χ0) is 15.8. The van der Waals surface area contributed by atoms with Crippen LogP contribution in [0.4, 0.5) is 0 Å². The van der Waals surface area contributed by atoms with E-state index in [4.69, 9.17) is 4.74 Å². The molecule has 1 heterocycles. The zero-order valence-electron chi connectivity index (χ0n) is 12.8. The number of amides is 1. The van der Waals surface area contributed by atoms with Crippen LogP contribution in [0.25, 0.3) is 0 Å². The molecule has 1 aromatic rings. The van der Waals surface area contributed by atoms with Crippen molar-refractivity contribution in [3.63, 3.8) is 0 Å². The number of ether oxygens (including phenoxy) is 1. The number of benzene rings is 1. The first-order valence-electron chi connectivity index (χ1n) is 6.83. The molecule has 1 aromatic carbocycles. The summed E-state index contributed by atoms with van der Waals surface area (Å²) in [6.45, 7) is 6.04. The summed E-state index contributed by atoms with van der Waals surface area (Å²) in [6.07, 6.45) is 0. The lowest BCUT2D eigenvalue weighted by molar-refractivity contribution is -0.142. The van der Waals surface area contributed by atoms with Gasteiger partial charge in [0.05, 0.1) is 12.0 Å². The molecule has 0 aliphatic carbocycles. The molecular weight excluding hydrogens is 290 g/mol. The number of nitrogens with zero attached hydrogens (tertiary/aromatic N) is 1. The van der Waals surface area contributed by atoms with Gasteiger partial charge in [-0.05, 0) is 24.3 Å². The summed E-state index contributed by atoms with van der Waals surface area (Å²) < 4.78 is 29.9. The largest absolute Gasteiger partial charge is 0.497 e. The number of rotatable bonds is 3. The zero-order valence-corrected chi connectivity index (χ0v) is 13.6. The van der Waals surface area contributed by atoms with Crippen molar-refractivity contribution >= 4 is 15.7 Å². The van der Waals surface area contributed by atoms with E-state index in [1.165, 1.54) is 7.11 Å². The minimum Gasteiger partial charge on any atom is -0.497 e. The van der Waals surface area contributed by atoms with Crippen LogP contribution in [0.5, 0.6) is 5.75 Å². The Morgan fingerprint density at radius 3 is 2.14 bits per heavy atom. The molecule has 0 bridgehead atoms. The number of hydrogen-bond acceptors (Lipinski definition) is 4. The highest BCUT2D eigenvalue weighted by molar-refractivity contribution is 7.92. The average molecular weight is 311 g/mol. The van der Waals surface area contributed by atoms with E-state index < -0.39 is 20.5 Å². The van der Waals surface area contributed by atoms with Gasteiger partial charge in [0.2, 0.25) is 5.91 Å². The number of carbonyl (C=O) groups excluding carboxylic acids is 1. The molecule has 21 heavy (non-hydrogen) atoms. The Labute approximate surface area is 125 Å². The monoisotopic (exact) mass is 311 g/mol. The topological polar surface area (TPSA) is 63.7 Å². The van der Waals surface area contributed by atoms with Gasteiger partial charge < -0.3 is 9.64 Å². The number of carbonyl (C=O) groups is 1. The third kappa shape index (κ3) is 3.05. The maximum Gasteiger partial charge on any atom is 0.228 e. The molecule has 5 nitrogen and oxygen atoms in total. The van der Waals surface area contributed by atoms with Crippen molar-refractivity contribution in [2.75, 3.05) is 20.2 Å². The molecule has 1 aliphatic heterocycles. The second kappa shape index (κ2) is 5.33. The third-order valence-corrected chi connectivity index (χ3v) is 5.71. The first-order chi connectivity index (χ1) is 9.66. The van der Waals surface area contributed by atoms with Gasteiger partial charge in [-0.3, -0.25) is 4.79 Å². The van der Waals surface area contributed by atoms with E-state index in [-0.39, 0.29) is 23.9 Å². The van der Waals surface area contributed by atoms with Crippen molar-refractivity contribution in [2.45, 2.75) is 30.9 Å². The first-order valence-corrected chi connectivity index (χ1v) is 8.38. The quantitative estimate of drug-likeness (QED) is 0.853. The van der Waals surface area contributed by atoms with Crippen LogP contribution in [-0.2, 0) is 14.6 Å². The van der Waals surface area contributed by atoms with Gasteiger partial charge in [-0.2, -0.15) is 0 Å². The standard InChI is InChI=1S/C15H21NO4S/c1-15(2,3)14(17)16-9-13(10-16)21(18,19)12-7-5-11(20-4)6-8-12/h5-8,13H,9-10H2,1-4H3. The number of sulfone groups is 1. The molecule has 0 radical (unpaired) electrons. The summed E-state index contributed by atoms with van der Waals surface area (Å²) in [5.74, 6) is 0.607. The lowest BCUT2D eigenvalue weighted by Crippen LogP contribution is -2.59. The SMILES string of the molecule is COc1ccc(S(=O)(=O)C2CN(C(=O)C(C)(C)C)C2)cc1. The Kier molecular flexibility index (Phi) is 4.02. The third-order valence-electron chi connectivity index (χ3n) is 3.60. The van der Waals surface area contributed by atoms with E-state index in [0.29, 0.717) is 5.75 Å². The summed E-state index contributed by atoms with van der Waals surface area (Å²) in [4.78, 5) is 13.9. The molecule has 0 N–H and O–H groups in total. The number of likely N-dealkylation sites (tertiary alicyclic amines) is 1. The summed E-state index contributed by atoms with van der Waals surface area (Å²) in [5, 5.41) is -0.516. The Hall–Kier alpha value is -1.56.